The molecule has 10 heteroatoms. The Balaban J connectivity index is 1.82. The average molecular weight is 391 g/mol. The van der Waals surface area contributed by atoms with E-state index in [4.69, 9.17) is 26.8 Å². The van der Waals surface area contributed by atoms with Gasteiger partial charge in [-0.05, 0) is 24.3 Å². The molecule has 0 saturated heterocycles. The van der Waals surface area contributed by atoms with E-state index < -0.39 is 6.09 Å². The van der Waals surface area contributed by atoms with Crippen LogP contribution in [0.2, 0.25) is 5.02 Å². The van der Waals surface area contributed by atoms with Gasteiger partial charge in [-0.15, -0.1) is 5.10 Å². The van der Waals surface area contributed by atoms with Gasteiger partial charge in [0.15, 0.2) is 0 Å². The van der Waals surface area contributed by atoms with Gasteiger partial charge in [0.2, 0.25) is 0 Å². The van der Waals surface area contributed by atoms with Crippen LogP contribution in [0.5, 0.6) is 11.6 Å². The predicted molar refractivity (Wildman–Crippen MR) is 101 cm³/mol. The van der Waals surface area contributed by atoms with Crippen molar-refractivity contribution in [1.29, 1.82) is 0 Å². The Labute approximate surface area is 160 Å². The lowest BCUT2D eigenvalue weighted by atomic mass is 10.1. The number of hydrogen-bond donors (Lipinski definition) is 2. The van der Waals surface area contributed by atoms with E-state index in [0.29, 0.717) is 24.6 Å². The normalized spacial score (nSPS) is 10.7. The number of ether oxygens (including phenoxy) is 2. The quantitative estimate of drug-likeness (QED) is 0.669. The highest BCUT2D eigenvalue weighted by molar-refractivity contribution is 6.31. The third-order valence-corrected chi connectivity index (χ3v) is 3.90. The first-order valence-electron chi connectivity index (χ1n) is 8.11. The van der Waals surface area contributed by atoms with Gasteiger partial charge in [-0.3, -0.25) is 14.7 Å². The summed E-state index contributed by atoms with van der Waals surface area (Å²) in [5.41, 5.74) is 7.63. The third kappa shape index (κ3) is 4.39. The van der Waals surface area contributed by atoms with E-state index in [1.165, 1.54) is 10.9 Å². The van der Waals surface area contributed by atoms with E-state index in [-0.39, 0.29) is 10.9 Å². The molecule has 0 spiro atoms. The summed E-state index contributed by atoms with van der Waals surface area (Å²) in [5, 5.41) is 11.0. The summed E-state index contributed by atoms with van der Waals surface area (Å²) in [4.78, 5) is 12.2. The molecule has 0 aliphatic carbocycles. The van der Waals surface area contributed by atoms with E-state index in [1.54, 1.807) is 36.1 Å². The van der Waals surface area contributed by atoms with E-state index in [9.17, 15) is 4.79 Å². The number of aryl methyl sites for hydroxylation is 2. The SMILES string of the molecule is Cn1cc(Cl)c(OC(=O)Nc2ccc(OCCN)c(-c3ccnn3C)c2)n1. The van der Waals surface area contributed by atoms with Crippen LogP contribution in [0, 0.1) is 0 Å². The molecule has 2 aromatic heterocycles. The molecule has 9 nitrogen and oxygen atoms in total. The number of halogens is 1. The number of amides is 1. The number of carbonyl (C=O) groups is 1. The van der Waals surface area contributed by atoms with Gasteiger partial charge in [-0.1, -0.05) is 11.6 Å². The number of aromatic nitrogens is 4. The zero-order valence-electron chi connectivity index (χ0n) is 14.8. The standard InChI is InChI=1S/C17H19ClN6O3/c1-23-10-13(18)16(22-23)27-17(25)21-11-3-4-15(26-8-6-19)12(9-11)14-5-7-20-24(14)2/h3-5,7,9-10H,6,8,19H2,1-2H3,(H,21,25). The second-order valence-corrected chi connectivity index (χ2v) is 6.07. The van der Waals surface area contributed by atoms with Crippen molar-refractivity contribution < 1.29 is 14.3 Å². The van der Waals surface area contributed by atoms with Crippen LogP contribution in [0.4, 0.5) is 10.5 Å². The molecular weight excluding hydrogens is 372 g/mol. The van der Waals surface area contributed by atoms with Crippen LogP contribution in [0.15, 0.2) is 36.7 Å². The zero-order chi connectivity index (χ0) is 19.4. The molecule has 3 aromatic rings. The number of rotatable bonds is 6. The Bertz CT molecular complexity index is 952. The Morgan fingerprint density at radius 1 is 1.33 bits per heavy atom. The molecule has 3 N–H and O–H groups in total. The fourth-order valence-corrected chi connectivity index (χ4v) is 2.70. The number of carbonyl (C=O) groups excluding carboxylic acids is 1. The van der Waals surface area contributed by atoms with Crippen molar-refractivity contribution in [3.05, 3.63) is 41.7 Å². The fraction of sp³-hybridized carbons (Fsp3) is 0.235. The molecule has 0 saturated carbocycles. The van der Waals surface area contributed by atoms with Crippen molar-refractivity contribution in [2.45, 2.75) is 0 Å². The van der Waals surface area contributed by atoms with Gasteiger partial charge in [-0.25, -0.2) is 4.79 Å². The predicted octanol–water partition coefficient (Wildman–Crippen LogP) is 2.42. The van der Waals surface area contributed by atoms with Gasteiger partial charge in [0.05, 0.1) is 5.69 Å². The summed E-state index contributed by atoms with van der Waals surface area (Å²) < 4.78 is 14.0. The number of nitrogens with one attached hydrogen (secondary N) is 1. The number of hydrogen-bond acceptors (Lipinski definition) is 6. The summed E-state index contributed by atoms with van der Waals surface area (Å²) >= 11 is 5.95. The number of nitrogens with two attached hydrogens (primary N) is 1. The Kier molecular flexibility index (Phi) is 5.63. The topological polar surface area (TPSA) is 109 Å². The number of benzene rings is 1. The smallest absolute Gasteiger partial charge is 0.418 e. The van der Waals surface area contributed by atoms with E-state index in [1.807, 2.05) is 13.1 Å². The second kappa shape index (κ2) is 8.11. The Hall–Kier alpha value is -3.04. The number of anilines is 1. The van der Waals surface area contributed by atoms with E-state index in [0.717, 1.165) is 11.3 Å². The molecule has 1 aromatic carbocycles. The van der Waals surface area contributed by atoms with Crippen LogP contribution >= 0.6 is 11.6 Å². The molecule has 0 bridgehead atoms. The van der Waals surface area contributed by atoms with Gasteiger partial charge in [-0.2, -0.15) is 5.10 Å². The lowest BCUT2D eigenvalue weighted by Gasteiger charge is -2.13. The molecule has 0 aliphatic heterocycles. The summed E-state index contributed by atoms with van der Waals surface area (Å²) in [6.45, 7) is 0.764. The minimum absolute atomic E-state index is 0.0337. The first kappa shape index (κ1) is 18.7. The van der Waals surface area contributed by atoms with E-state index in [2.05, 4.69) is 15.5 Å². The van der Waals surface area contributed by atoms with Crippen molar-refractivity contribution in [3.8, 4) is 22.9 Å². The van der Waals surface area contributed by atoms with Gasteiger partial charge < -0.3 is 15.2 Å². The Morgan fingerprint density at radius 3 is 2.78 bits per heavy atom. The minimum atomic E-state index is -0.706. The van der Waals surface area contributed by atoms with Gasteiger partial charge >= 0.3 is 6.09 Å². The molecular formula is C17H19ClN6O3. The van der Waals surface area contributed by atoms with Gasteiger partial charge in [0.1, 0.15) is 17.4 Å². The minimum Gasteiger partial charge on any atom is -0.492 e. The van der Waals surface area contributed by atoms with Crippen molar-refractivity contribution in [2.24, 2.45) is 19.8 Å². The van der Waals surface area contributed by atoms with Gasteiger partial charge in [0.25, 0.3) is 5.88 Å². The molecule has 0 aliphatic rings. The van der Waals surface area contributed by atoms with Crippen molar-refractivity contribution in [3.63, 3.8) is 0 Å². The summed E-state index contributed by atoms with van der Waals surface area (Å²) in [6, 6.07) is 7.07. The first-order chi connectivity index (χ1) is 13.0. The maximum absolute atomic E-state index is 12.2. The average Bonchev–Trinajstić information content (AvgIpc) is 3.18. The lowest BCUT2D eigenvalue weighted by molar-refractivity contribution is 0.213. The zero-order valence-corrected chi connectivity index (χ0v) is 15.6. The van der Waals surface area contributed by atoms with Crippen LogP contribution in [-0.4, -0.2) is 38.8 Å². The monoisotopic (exact) mass is 390 g/mol. The fourth-order valence-electron chi connectivity index (χ4n) is 2.48. The van der Waals surface area contributed by atoms with Gasteiger partial charge in [0, 0.05) is 44.3 Å². The summed E-state index contributed by atoms with van der Waals surface area (Å²) in [6.07, 6.45) is 2.51. The van der Waals surface area contributed by atoms with Crippen LogP contribution in [-0.2, 0) is 14.1 Å². The van der Waals surface area contributed by atoms with Crippen LogP contribution in [0.25, 0.3) is 11.3 Å². The highest BCUT2D eigenvalue weighted by Gasteiger charge is 2.15. The largest absolute Gasteiger partial charge is 0.492 e. The molecule has 1 amide bonds. The summed E-state index contributed by atoms with van der Waals surface area (Å²) in [5.74, 6) is 0.669. The van der Waals surface area contributed by atoms with Crippen LogP contribution < -0.4 is 20.5 Å². The summed E-state index contributed by atoms with van der Waals surface area (Å²) in [7, 11) is 3.50. The molecule has 2 heterocycles. The maximum atomic E-state index is 12.2. The highest BCUT2D eigenvalue weighted by Crippen LogP contribution is 2.32. The maximum Gasteiger partial charge on any atom is 0.418 e. The third-order valence-electron chi connectivity index (χ3n) is 3.64. The molecule has 0 atom stereocenters. The molecule has 3 rings (SSSR count). The van der Waals surface area contributed by atoms with Crippen LogP contribution in [0.1, 0.15) is 0 Å². The van der Waals surface area contributed by atoms with Crippen LogP contribution in [0.3, 0.4) is 0 Å². The highest BCUT2D eigenvalue weighted by atomic mass is 35.5. The van der Waals surface area contributed by atoms with E-state index >= 15 is 0 Å². The molecule has 0 unspecified atom stereocenters. The molecule has 27 heavy (non-hydrogen) atoms. The first-order valence-corrected chi connectivity index (χ1v) is 8.49. The Morgan fingerprint density at radius 2 is 2.15 bits per heavy atom. The molecule has 142 valence electrons. The van der Waals surface area contributed by atoms with Crippen molar-refractivity contribution in [1.82, 2.24) is 19.6 Å². The molecule has 0 radical (unpaired) electrons. The number of nitrogens with zero attached hydrogens (tertiary/aromatic N) is 4. The second-order valence-electron chi connectivity index (χ2n) is 5.66. The lowest BCUT2D eigenvalue weighted by Crippen LogP contribution is -2.17. The van der Waals surface area contributed by atoms with Crippen molar-refractivity contribution in [2.75, 3.05) is 18.5 Å². The van der Waals surface area contributed by atoms with Crippen molar-refractivity contribution >= 4 is 23.4 Å². The molecule has 0 fully saturated rings.